The van der Waals surface area contributed by atoms with E-state index >= 15 is 0 Å². The van der Waals surface area contributed by atoms with Crippen molar-refractivity contribution >= 4 is 29.2 Å². The highest BCUT2D eigenvalue weighted by Crippen LogP contribution is 2.25. The van der Waals surface area contributed by atoms with Gasteiger partial charge in [0.15, 0.2) is 5.78 Å². The number of aromatic nitrogens is 1. The minimum absolute atomic E-state index is 0.00869. The molecule has 2 amide bonds. The van der Waals surface area contributed by atoms with Gasteiger partial charge in [-0.25, -0.2) is 14.2 Å². The molecule has 132 valence electrons. The molecule has 2 N–H and O–H groups in total. The number of urea groups is 1. The van der Waals surface area contributed by atoms with Crippen molar-refractivity contribution in [2.45, 2.75) is 13.3 Å². The molecule has 0 aliphatic heterocycles. The number of Topliss-reactive ketones (excluding diaryl/α,β-unsaturated/α-hetero) is 1. The largest absolute Gasteiger partial charge is 0.496 e. The van der Waals surface area contributed by atoms with Gasteiger partial charge in [-0.15, -0.1) is 0 Å². The van der Waals surface area contributed by atoms with Crippen LogP contribution in [0.5, 0.6) is 5.75 Å². The highest BCUT2D eigenvalue weighted by Gasteiger charge is 2.16. The SMILES string of the molecule is COc1ccc(C(C)=O)c(F)c1CCNC(=O)Nc1ccc(Cl)cn1. The van der Waals surface area contributed by atoms with E-state index in [1.54, 1.807) is 12.1 Å². The summed E-state index contributed by atoms with van der Waals surface area (Å²) in [6.45, 7) is 1.44. The minimum Gasteiger partial charge on any atom is -0.496 e. The molecule has 0 aliphatic rings. The number of carbonyl (C=O) groups is 2. The number of anilines is 1. The van der Waals surface area contributed by atoms with Gasteiger partial charge in [0.25, 0.3) is 0 Å². The smallest absolute Gasteiger partial charge is 0.320 e. The fraction of sp³-hybridized carbons (Fsp3) is 0.235. The van der Waals surface area contributed by atoms with Gasteiger partial charge in [-0.3, -0.25) is 10.1 Å². The summed E-state index contributed by atoms with van der Waals surface area (Å²) >= 11 is 5.72. The molecule has 0 saturated carbocycles. The molecule has 1 aromatic heterocycles. The number of amides is 2. The second-order valence-corrected chi connectivity index (χ2v) is 5.59. The lowest BCUT2D eigenvalue weighted by Crippen LogP contribution is -2.31. The molecular formula is C17H17ClFN3O3. The lowest BCUT2D eigenvalue weighted by molar-refractivity contribution is 0.101. The molecule has 0 unspecified atom stereocenters. The number of methoxy groups -OCH3 is 1. The van der Waals surface area contributed by atoms with Crippen LogP contribution in [0.25, 0.3) is 0 Å². The number of nitrogens with one attached hydrogen (secondary N) is 2. The first-order valence-corrected chi connectivity index (χ1v) is 7.83. The van der Waals surface area contributed by atoms with Crippen LogP contribution >= 0.6 is 11.6 Å². The lowest BCUT2D eigenvalue weighted by atomic mass is 10.0. The Bertz CT molecular complexity index is 781. The second kappa shape index (κ2) is 8.43. The number of ketones is 1. The highest BCUT2D eigenvalue weighted by molar-refractivity contribution is 6.30. The number of benzene rings is 1. The van der Waals surface area contributed by atoms with Crippen molar-refractivity contribution in [1.29, 1.82) is 0 Å². The monoisotopic (exact) mass is 365 g/mol. The zero-order chi connectivity index (χ0) is 18.4. The van der Waals surface area contributed by atoms with Gasteiger partial charge >= 0.3 is 6.03 Å². The third-order valence-corrected chi connectivity index (χ3v) is 3.65. The predicted molar refractivity (Wildman–Crippen MR) is 92.9 cm³/mol. The first-order chi connectivity index (χ1) is 11.9. The Morgan fingerprint density at radius 2 is 2.04 bits per heavy atom. The normalized spacial score (nSPS) is 10.2. The fourth-order valence-electron chi connectivity index (χ4n) is 2.21. The molecule has 0 radical (unpaired) electrons. The molecule has 2 aromatic rings. The molecule has 6 nitrogen and oxygen atoms in total. The number of carbonyl (C=O) groups excluding carboxylic acids is 2. The highest BCUT2D eigenvalue weighted by atomic mass is 35.5. The number of pyridine rings is 1. The quantitative estimate of drug-likeness (QED) is 0.768. The van der Waals surface area contributed by atoms with Crippen LogP contribution in [-0.4, -0.2) is 30.5 Å². The molecule has 0 bridgehead atoms. The first kappa shape index (κ1) is 18.7. The van der Waals surface area contributed by atoms with E-state index in [0.29, 0.717) is 16.6 Å². The second-order valence-electron chi connectivity index (χ2n) is 5.16. The van der Waals surface area contributed by atoms with Gasteiger partial charge in [-0.1, -0.05) is 11.6 Å². The van der Waals surface area contributed by atoms with Crippen molar-refractivity contribution in [3.05, 3.63) is 52.4 Å². The van der Waals surface area contributed by atoms with Crippen molar-refractivity contribution in [2.75, 3.05) is 19.0 Å². The van der Waals surface area contributed by atoms with Crippen molar-refractivity contribution in [3.63, 3.8) is 0 Å². The molecule has 0 aliphatic carbocycles. The van der Waals surface area contributed by atoms with Crippen LogP contribution in [-0.2, 0) is 6.42 Å². The Balaban J connectivity index is 1.98. The Kier molecular flexibility index (Phi) is 6.30. The fourth-order valence-corrected chi connectivity index (χ4v) is 2.32. The van der Waals surface area contributed by atoms with Crippen LogP contribution in [0.1, 0.15) is 22.8 Å². The van der Waals surface area contributed by atoms with E-state index in [1.807, 2.05) is 0 Å². The Morgan fingerprint density at radius 3 is 2.64 bits per heavy atom. The van der Waals surface area contributed by atoms with Crippen molar-refractivity contribution in [3.8, 4) is 5.75 Å². The third kappa shape index (κ3) is 4.90. The molecule has 0 saturated heterocycles. The number of rotatable bonds is 6. The van der Waals surface area contributed by atoms with Crippen LogP contribution in [0.15, 0.2) is 30.5 Å². The topological polar surface area (TPSA) is 80.3 Å². The van der Waals surface area contributed by atoms with E-state index in [-0.39, 0.29) is 29.9 Å². The molecule has 0 fully saturated rings. The summed E-state index contributed by atoms with van der Waals surface area (Å²) in [6, 6.07) is 5.58. The zero-order valence-electron chi connectivity index (χ0n) is 13.7. The van der Waals surface area contributed by atoms with Crippen LogP contribution in [0.3, 0.4) is 0 Å². The van der Waals surface area contributed by atoms with Crippen LogP contribution in [0.2, 0.25) is 5.02 Å². The first-order valence-electron chi connectivity index (χ1n) is 7.45. The summed E-state index contributed by atoms with van der Waals surface area (Å²) in [4.78, 5) is 27.2. The number of halogens is 2. The van der Waals surface area contributed by atoms with Crippen LogP contribution in [0.4, 0.5) is 15.0 Å². The summed E-state index contributed by atoms with van der Waals surface area (Å²) in [5, 5.41) is 5.58. The molecule has 1 heterocycles. The maximum absolute atomic E-state index is 14.4. The van der Waals surface area contributed by atoms with Crippen LogP contribution in [0, 0.1) is 5.82 Å². The molecule has 8 heteroatoms. The standard InChI is InChI=1S/C17H17ClFN3O3/c1-10(23)12-4-5-14(25-2)13(16(12)19)7-8-20-17(24)22-15-6-3-11(18)9-21-15/h3-6,9H,7-8H2,1-2H3,(H2,20,21,22,24). The van der Waals surface area contributed by atoms with Crippen molar-refractivity contribution in [1.82, 2.24) is 10.3 Å². The number of hydrogen-bond donors (Lipinski definition) is 2. The Morgan fingerprint density at radius 1 is 1.28 bits per heavy atom. The van der Waals surface area contributed by atoms with Gasteiger partial charge in [-0.2, -0.15) is 0 Å². The molecule has 0 atom stereocenters. The van der Waals surface area contributed by atoms with E-state index in [4.69, 9.17) is 16.3 Å². The molecule has 25 heavy (non-hydrogen) atoms. The van der Waals surface area contributed by atoms with Crippen molar-refractivity contribution < 1.29 is 18.7 Å². The van der Waals surface area contributed by atoms with Gasteiger partial charge in [0.2, 0.25) is 0 Å². The minimum atomic E-state index is -0.631. The number of hydrogen-bond acceptors (Lipinski definition) is 4. The summed E-state index contributed by atoms with van der Waals surface area (Å²) in [7, 11) is 1.41. The van der Waals surface area contributed by atoms with E-state index in [9.17, 15) is 14.0 Å². The molecule has 0 spiro atoms. The van der Waals surface area contributed by atoms with E-state index in [0.717, 1.165) is 0 Å². The number of nitrogens with zero attached hydrogens (tertiary/aromatic N) is 1. The Hall–Kier alpha value is -2.67. The summed E-state index contributed by atoms with van der Waals surface area (Å²) in [5.41, 5.74) is 0.228. The predicted octanol–water partition coefficient (Wildman–Crippen LogP) is 3.45. The summed E-state index contributed by atoms with van der Waals surface area (Å²) in [6.07, 6.45) is 1.57. The van der Waals surface area contributed by atoms with E-state index in [1.165, 1.54) is 32.4 Å². The average molecular weight is 366 g/mol. The molecule has 1 aromatic carbocycles. The maximum Gasteiger partial charge on any atom is 0.320 e. The maximum atomic E-state index is 14.4. The third-order valence-electron chi connectivity index (χ3n) is 3.43. The lowest BCUT2D eigenvalue weighted by Gasteiger charge is -2.12. The number of ether oxygens (including phenoxy) is 1. The molecular weight excluding hydrogens is 349 g/mol. The van der Waals surface area contributed by atoms with E-state index in [2.05, 4.69) is 15.6 Å². The Labute approximate surface area is 149 Å². The summed E-state index contributed by atoms with van der Waals surface area (Å²) < 4.78 is 19.6. The van der Waals surface area contributed by atoms with Crippen molar-refractivity contribution in [2.24, 2.45) is 0 Å². The average Bonchev–Trinajstić information content (AvgIpc) is 2.57. The van der Waals surface area contributed by atoms with Gasteiger partial charge in [0, 0.05) is 18.3 Å². The van der Waals surface area contributed by atoms with Gasteiger partial charge in [0.05, 0.1) is 17.7 Å². The zero-order valence-corrected chi connectivity index (χ0v) is 14.5. The van der Waals surface area contributed by atoms with Gasteiger partial charge in [0.1, 0.15) is 17.4 Å². The van der Waals surface area contributed by atoms with Crippen LogP contribution < -0.4 is 15.4 Å². The van der Waals surface area contributed by atoms with E-state index < -0.39 is 11.8 Å². The van der Waals surface area contributed by atoms with Gasteiger partial charge in [-0.05, 0) is 37.6 Å². The molecule has 2 rings (SSSR count). The summed E-state index contributed by atoms with van der Waals surface area (Å²) in [5.74, 6) is -0.345. The van der Waals surface area contributed by atoms with Gasteiger partial charge < -0.3 is 10.1 Å².